The molecule has 9 fully saturated rings. The number of hydrogen-bond donors (Lipinski definition) is 2. The smallest absolute Gasteiger partial charge is 0.309 e. The van der Waals surface area contributed by atoms with Crippen LogP contribution in [0.4, 0.5) is 0 Å². The van der Waals surface area contributed by atoms with Crippen LogP contribution in [0.15, 0.2) is 0 Å². The van der Waals surface area contributed by atoms with Crippen molar-refractivity contribution in [1.82, 2.24) is 15.1 Å². The number of nitrogens with zero attached hydrogens (tertiary/aromatic N) is 2. The number of hydrogen-bond acceptors (Lipinski definition) is 6. The Balaban J connectivity index is 0.931. The van der Waals surface area contributed by atoms with Gasteiger partial charge in [-0.25, -0.2) is 0 Å². The van der Waals surface area contributed by atoms with Gasteiger partial charge < -0.3 is 20.1 Å². The van der Waals surface area contributed by atoms with E-state index in [1.807, 2.05) is 13.8 Å². The lowest BCUT2D eigenvalue weighted by atomic mass is 9.32. The first-order chi connectivity index (χ1) is 28.0. The van der Waals surface area contributed by atoms with Crippen LogP contribution < -0.4 is 5.32 Å². The van der Waals surface area contributed by atoms with Crippen molar-refractivity contribution in [2.45, 2.75) is 196 Å². The van der Waals surface area contributed by atoms with E-state index in [2.05, 4.69) is 70.5 Å². The van der Waals surface area contributed by atoms with Gasteiger partial charge in [0.1, 0.15) is 6.10 Å². The number of ether oxygens (including phenoxy) is 1. The molecule has 0 aromatic carbocycles. The SMILES string of the molecule is CC(C)(CN1CCC[C@H]1CN1CCCC1)NC(=O)[C@]12CC[C@@H](C3(C)CC3)[C@@H]1[C@H]1CC[C@@H]3[C@@]4(C)CC[C@H](OC(=O)[C@H]5C[C@@H](C(=O)O)C5(C)C)C(C)(C)[C@@H]4CC[C@@]3(C)[C@]1(C)CC2. The molecule has 2 aliphatic heterocycles. The van der Waals surface area contributed by atoms with Crippen LogP contribution in [0, 0.1) is 79.3 Å². The Morgan fingerprint density at radius 1 is 0.700 bits per heavy atom. The summed E-state index contributed by atoms with van der Waals surface area (Å²) < 4.78 is 6.49. The number of carbonyl (C=O) groups excluding carboxylic acids is 2. The molecule has 0 bridgehead atoms. The second kappa shape index (κ2) is 14.4. The van der Waals surface area contributed by atoms with Gasteiger partial charge in [-0.3, -0.25) is 19.3 Å². The van der Waals surface area contributed by atoms with Crippen molar-refractivity contribution in [1.29, 1.82) is 0 Å². The molecule has 60 heavy (non-hydrogen) atoms. The van der Waals surface area contributed by atoms with Gasteiger partial charge in [0, 0.05) is 30.1 Å². The molecule has 9 rings (SSSR count). The van der Waals surface area contributed by atoms with E-state index in [0.717, 1.165) is 51.6 Å². The molecule has 8 heteroatoms. The number of carboxylic acid groups (broad SMARTS) is 1. The van der Waals surface area contributed by atoms with Crippen LogP contribution >= 0.6 is 0 Å². The van der Waals surface area contributed by atoms with Crippen molar-refractivity contribution in [3.8, 4) is 0 Å². The normalized spacial score (nSPS) is 46.6. The number of fused-ring (bicyclic) bond motifs is 7. The summed E-state index contributed by atoms with van der Waals surface area (Å²) in [7, 11) is 0. The van der Waals surface area contributed by atoms with Crippen molar-refractivity contribution in [3.05, 3.63) is 0 Å². The van der Waals surface area contributed by atoms with Crippen LogP contribution in [0.2, 0.25) is 0 Å². The lowest BCUT2D eigenvalue weighted by Crippen LogP contribution is -2.68. The summed E-state index contributed by atoms with van der Waals surface area (Å²) in [6.07, 6.45) is 19.4. The van der Waals surface area contributed by atoms with Crippen LogP contribution in [0.3, 0.4) is 0 Å². The van der Waals surface area contributed by atoms with Crippen LogP contribution in [0.25, 0.3) is 0 Å². The first-order valence-corrected chi connectivity index (χ1v) is 25.2. The Bertz CT molecular complexity index is 1710. The minimum atomic E-state index is -0.804. The maximum Gasteiger partial charge on any atom is 0.309 e. The summed E-state index contributed by atoms with van der Waals surface area (Å²) in [4.78, 5) is 46.3. The molecule has 13 atom stereocenters. The quantitative estimate of drug-likeness (QED) is 0.212. The predicted octanol–water partition coefficient (Wildman–Crippen LogP) is 9.98. The van der Waals surface area contributed by atoms with Gasteiger partial charge in [-0.15, -0.1) is 0 Å². The molecule has 0 aromatic heterocycles. The maximum atomic E-state index is 15.3. The Morgan fingerprint density at radius 2 is 1.42 bits per heavy atom. The molecule has 1 amide bonds. The number of amides is 1. The standard InChI is InChI=1S/C52H85N3O5/c1-45(2,32-55-29-13-14-33(55)31-54-27-11-12-28-54)53-44(59)52-22-17-34(48(7)23-24-48)41(52)35-15-16-39-49(8)20-19-40(60-43(58)37-30-36(42(56)57)46(37,3)4)47(5,6)38(49)18-21-51(39,10)50(35,9)25-26-52/h33-41H,11-32H2,1-10H3,(H,53,59)(H,56,57)/t33-,34+,35+,36-,37+,38-,39+,40-,41+,49-,50+,51+,52-/m0/s1. The van der Waals surface area contributed by atoms with Crippen molar-refractivity contribution >= 4 is 17.8 Å². The molecule has 8 nitrogen and oxygen atoms in total. The molecule has 338 valence electrons. The largest absolute Gasteiger partial charge is 0.481 e. The molecule has 2 N–H and O–H groups in total. The van der Waals surface area contributed by atoms with E-state index in [-0.39, 0.29) is 50.6 Å². The lowest BCUT2D eigenvalue weighted by molar-refractivity contribution is -0.252. The minimum Gasteiger partial charge on any atom is -0.481 e. The summed E-state index contributed by atoms with van der Waals surface area (Å²) >= 11 is 0. The first kappa shape index (κ1) is 43.6. The van der Waals surface area contributed by atoms with Crippen LogP contribution in [-0.2, 0) is 19.1 Å². The molecule has 0 unspecified atom stereocenters. The highest BCUT2D eigenvalue weighted by atomic mass is 16.5. The van der Waals surface area contributed by atoms with Gasteiger partial charge in [0.15, 0.2) is 0 Å². The van der Waals surface area contributed by atoms with Crippen LogP contribution in [-0.4, -0.2) is 83.2 Å². The highest BCUT2D eigenvalue weighted by molar-refractivity contribution is 5.84. The Kier molecular flexibility index (Phi) is 10.5. The summed E-state index contributed by atoms with van der Waals surface area (Å²) in [5.41, 5.74) is -0.328. The van der Waals surface area contributed by atoms with Gasteiger partial charge in [0.25, 0.3) is 0 Å². The van der Waals surface area contributed by atoms with E-state index in [9.17, 15) is 14.7 Å². The topological polar surface area (TPSA) is 99.2 Å². The molecule has 0 radical (unpaired) electrons. The molecular weight excluding hydrogens is 747 g/mol. The predicted molar refractivity (Wildman–Crippen MR) is 237 cm³/mol. The number of carbonyl (C=O) groups is 3. The van der Waals surface area contributed by atoms with Crippen molar-refractivity contribution in [2.24, 2.45) is 79.3 Å². The maximum absolute atomic E-state index is 15.3. The van der Waals surface area contributed by atoms with E-state index in [1.54, 1.807) is 0 Å². The van der Waals surface area contributed by atoms with E-state index in [1.165, 1.54) is 83.8 Å². The summed E-state index contributed by atoms with van der Waals surface area (Å²) in [5, 5.41) is 13.6. The second-order valence-electron chi connectivity index (χ2n) is 26.0. The number of likely N-dealkylation sites (tertiary alicyclic amines) is 2. The second-order valence-corrected chi connectivity index (χ2v) is 26.0. The lowest BCUT2D eigenvalue weighted by Gasteiger charge is -2.73. The molecule has 0 aromatic rings. The third-order valence-electron chi connectivity index (χ3n) is 22.1. The number of carboxylic acids is 1. The number of esters is 1. The molecule has 7 aliphatic carbocycles. The van der Waals surface area contributed by atoms with E-state index >= 15 is 4.79 Å². The molecule has 7 saturated carbocycles. The van der Waals surface area contributed by atoms with Crippen molar-refractivity contribution in [2.75, 3.05) is 32.7 Å². The van der Waals surface area contributed by atoms with Crippen LogP contribution in [0.1, 0.15) is 178 Å². The summed E-state index contributed by atoms with van der Waals surface area (Å²) in [6, 6.07) is 0.614. The first-order valence-electron chi connectivity index (χ1n) is 25.2. The average molecular weight is 832 g/mol. The fourth-order valence-corrected chi connectivity index (χ4v) is 18.0. The van der Waals surface area contributed by atoms with Gasteiger partial charge in [0.05, 0.1) is 17.3 Å². The highest BCUT2D eigenvalue weighted by Crippen LogP contribution is 2.79. The fraction of sp³-hybridized carbons (Fsp3) is 0.942. The monoisotopic (exact) mass is 832 g/mol. The zero-order chi connectivity index (χ0) is 43.1. The highest BCUT2D eigenvalue weighted by Gasteiger charge is 2.74. The van der Waals surface area contributed by atoms with E-state index in [4.69, 9.17) is 4.74 Å². The van der Waals surface area contributed by atoms with E-state index < -0.39 is 17.3 Å². The summed E-state index contributed by atoms with van der Waals surface area (Å²) in [6.45, 7) is 29.6. The minimum absolute atomic E-state index is 0.142. The van der Waals surface area contributed by atoms with Crippen molar-refractivity contribution < 1.29 is 24.2 Å². The van der Waals surface area contributed by atoms with Crippen LogP contribution in [0.5, 0.6) is 0 Å². The summed E-state index contributed by atoms with van der Waals surface area (Å²) in [5.74, 6) is 1.31. The number of nitrogens with one attached hydrogen (secondary N) is 1. The number of rotatable bonds is 10. The molecule has 9 aliphatic rings. The van der Waals surface area contributed by atoms with Gasteiger partial charge in [-0.2, -0.15) is 0 Å². The van der Waals surface area contributed by atoms with Gasteiger partial charge in [-0.1, -0.05) is 55.4 Å². The van der Waals surface area contributed by atoms with Crippen molar-refractivity contribution in [3.63, 3.8) is 0 Å². The third-order valence-corrected chi connectivity index (χ3v) is 22.1. The van der Waals surface area contributed by atoms with Gasteiger partial charge in [0.2, 0.25) is 5.91 Å². The molecule has 0 spiro atoms. The Labute approximate surface area is 364 Å². The number of aliphatic carboxylic acids is 1. The Morgan fingerprint density at radius 3 is 2.08 bits per heavy atom. The zero-order valence-electron chi connectivity index (χ0n) is 39.7. The van der Waals surface area contributed by atoms with Gasteiger partial charge in [-0.05, 0) is 199 Å². The fourth-order valence-electron chi connectivity index (χ4n) is 18.0. The third kappa shape index (κ3) is 6.46. The molecular formula is C52H85N3O5. The average Bonchev–Trinajstić information content (AvgIpc) is 3.51. The molecule has 2 saturated heterocycles. The van der Waals surface area contributed by atoms with Gasteiger partial charge >= 0.3 is 11.9 Å². The molecule has 2 heterocycles. The Hall–Kier alpha value is -1.67. The van der Waals surface area contributed by atoms with E-state index in [0.29, 0.717) is 53.4 Å². The zero-order valence-corrected chi connectivity index (χ0v) is 39.7.